The number of nitrogens with one attached hydrogen (secondary N) is 2. The van der Waals surface area contributed by atoms with Gasteiger partial charge in [-0.2, -0.15) is 0 Å². The van der Waals surface area contributed by atoms with Crippen LogP contribution >= 0.6 is 35.3 Å². The van der Waals surface area contributed by atoms with Gasteiger partial charge in [0, 0.05) is 48.9 Å². The molecule has 0 bridgehead atoms. The molecule has 1 aliphatic rings. The average molecular weight is 570 g/mol. The second-order valence-corrected chi connectivity index (χ2v) is 9.86. The van der Waals surface area contributed by atoms with Crippen LogP contribution in [0.3, 0.4) is 0 Å². The van der Waals surface area contributed by atoms with Crippen LogP contribution in [-0.2, 0) is 24.3 Å². The van der Waals surface area contributed by atoms with Crippen LogP contribution in [0.4, 0.5) is 0 Å². The maximum atomic E-state index is 11.5. The van der Waals surface area contributed by atoms with E-state index in [1.165, 1.54) is 20.9 Å². The minimum Gasteiger partial charge on any atom is -0.369 e. The van der Waals surface area contributed by atoms with Crippen molar-refractivity contribution in [2.75, 3.05) is 20.1 Å². The summed E-state index contributed by atoms with van der Waals surface area (Å²) in [4.78, 5) is 21.0. The predicted octanol–water partition coefficient (Wildman–Crippen LogP) is 3.67. The summed E-state index contributed by atoms with van der Waals surface area (Å²) in [7, 11) is 1.80. The van der Waals surface area contributed by atoms with Crippen LogP contribution in [0.2, 0.25) is 0 Å². The lowest BCUT2D eigenvalue weighted by Crippen LogP contribution is -2.42. The number of hydrogen-bond acceptors (Lipinski definition) is 4. The molecule has 1 saturated heterocycles. The topological polar surface area (TPSA) is 82.8 Å². The van der Waals surface area contributed by atoms with Gasteiger partial charge in [-0.15, -0.1) is 35.3 Å². The van der Waals surface area contributed by atoms with Crippen molar-refractivity contribution in [2.24, 2.45) is 16.6 Å². The van der Waals surface area contributed by atoms with Gasteiger partial charge < -0.3 is 16.4 Å². The smallest absolute Gasteiger partial charge is 0.221 e. The number of nitrogens with zero attached hydrogens (tertiary/aromatic N) is 2. The number of aliphatic imine (C=N–C) groups is 1. The highest BCUT2D eigenvalue weighted by atomic mass is 127. The van der Waals surface area contributed by atoms with Crippen LogP contribution in [-0.4, -0.2) is 42.9 Å². The van der Waals surface area contributed by atoms with E-state index in [9.17, 15) is 4.79 Å². The van der Waals surface area contributed by atoms with Gasteiger partial charge in [0.05, 0.1) is 5.92 Å². The van der Waals surface area contributed by atoms with Crippen molar-refractivity contribution in [1.82, 2.24) is 15.5 Å². The van der Waals surface area contributed by atoms with E-state index in [1.807, 2.05) is 11.3 Å². The minimum absolute atomic E-state index is 0. The number of hydrogen-bond donors (Lipinski definition) is 3. The van der Waals surface area contributed by atoms with Gasteiger partial charge in [-0.05, 0) is 56.5 Å². The molecule has 1 aromatic carbocycles. The number of rotatable bonds is 8. The molecule has 1 aliphatic heterocycles. The lowest BCUT2D eigenvalue weighted by Gasteiger charge is -2.31. The summed E-state index contributed by atoms with van der Waals surface area (Å²) in [5, 5.41) is 6.91. The number of thiophene rings is 1. The van der Waals surface area contributed by atoms with Crippen molar-refractivity contribution in [2.45, 2.75) is 52.2 Å². The van der Waals surface area contributed by atoms with Gasteiger partial charge in [-0.1, -0.05) is 24.3 Å². The van der Waals surface area contributed by atoms with E-state index in [4.69, 9.17) is 5.73 Å². The molecule has 2 atom stereocenters. The summed E-state index contributed by atoms with van der Waals surface area (Å²) in [6.07, 6.45) is 2.92. The molecule has 0 saturated carbocycles. The molecular weight excluding hydrogens is 533 g/mol. The number of primary amides is 1. The predicted molar refractivity (Wildman–Crippen MR) is 145 cm³/mol. The Labute approximate surface area is 213 Å². The Kier molecular flexibility index (Phi) is 10.9. The second-order valence-electron chi connectivity index (χ2n) is 8.48. The molecule has 2 heterocycles. The Morgan fingerprint density at radius 3 is 2.78 bits per heavy atom. The summed E-state index contributed by atoms with van der Waals surface area (Å²) in [6, 6.07) is 13.3. The minimum atomic E-state index is -0.176. The average Bonchev–Trinajstić information content (AvgIpc) is 3.16. The number of carbonyl (C=O) groups is 1. The quantitative estimate of drug-likeness (QED) is 0.258. The number of benzene rings is 1. The normalized spacial score (nSPS) is 18.0. The first-order valence-electron chi connectivity index (χ1n) is 11.0. The molecule has 4 N–H and O–H groups in total. The molecule has 8 heteroatoms. The van der Waals surface area contributed by atoms with Gasteiger partial charge in [0.15, 0.2) is 5.96 Å². The van der Waals surface area contributed by atoms with Gasteiger partial charge in [0.1, 0.15) is 0 Å². The van der Waals surface area contributed by atoms with Crippen LogP contribution in [0.5, 0.6) is 0 Å². The first-order chi connectivity index (χ1) is 14.9. The van der Waals surface area contributed by atoms with Gasteiger partial charge in [-0.3, -0.25) is 14.7 Å². The Bertz CT molecular complexity index is 900. The van der Waals surface area contributed by atoms with Gasteiger partial charge in [-0.25, -0.2) is 0 Å². The van der Waals surface area contributed by atoms with E-state index < -0.39 is 0 Å². The Balaban J connectivity index is 0.00000363. The second kappa shape index (κ2) is 13.2. The van der Waals surface area contributed by atoms with E-state index in [0.29, 0.717) is 12.6 Å². The maximum absolute atomic E-state index is 11.5. The van der Waals surface area contributed by atoms with Crippen LogP contribution in [0, 0.1) is 12.8 Å². The van der Waals surface area contributed by atoms with Crippen LogP contribution < -0.4 is 16.4 Å². The van der Waals surface area contributed by atoms with E-state index in [0.717, 1.165) is 44.9 Å². The zero-order valence-electron chi connectivity index (χ0n) is 19.3. The number of halogens is 1. The van der Waals surface area contributed by atoms with Crippen LogP contribution in [0.15, 0.2) is 41.4 Å². The molecule has 6 nitrogen and oxygen atoms in total. The molecule has 32 heavy (non-hydrogen) atoms. The summed E-state index contributed by atoms with van der Waals surface area (Å²) in [5.74, 6) is 0.615. The molecule has 1 amide bonds. The number of likely N-dealkylation sites (tertiary alicyclic amines) is 1. The summed E-state index contributed by atoms with van der Waals surface area (Å²) in [5.41, 5.74) is 7.99. The first kappa shape index (κ1) is 26.6. The first-order valence-corrected chi connectivity index (χ1v) is 11.9. The highest BCUT2D eigenvalue weighted by molar-refractivity contribution is 14.0. The molecule has 0 radical (unpaired) electrons. The molecule has 0 spiro atoms. The lowest BCUT2D eigenvalue weighted by atomic mass is 9.97. The third kappa shape index (κ3) is 8.37. The summed E-state index contributed by atoms with van der Waals surface area (Å²) < 4.78 is 0. The van der Waals surface area contributed by atoms with Crippen LogP contribution in [0.25, 0.3) is 0 Å². The number of nitrogens with two attached hydrogens (primary N) is 1. The van der Waals surface area contributed by atoms with Crippen molar-refractivity contribution < 1.29 is 4.79 Å². The van der Waals surface area contributed by atoms with Crippen molar-refractivity contribution in [3.05, 3.63) is 57.3 Å². The SMILES string of the molecule is CN=C(NCc1cccc(CN2CCCC(C(N)=O)C2)c1)NC(C)Cc1ccc(C)s1.I. The summed E-state index contributed by atoms with van der Waals surface area (Å²) >= 11 is 1.85. The van der Waals surface area contributed by atoms with Crippen molar-refractivity contribution in [1.29, 1.82) is 0 Å². The van der Waals surface area contributed by atoms with Crippen molar-refractivity contribution in [3.8, 4) is 0 Å². The largest absolute Gasteiger partial charge is 0.369 e. The monoisotopic (exact) mass is 569 g/mol. The third-order valence-electron chi connectivity index (χ3n) is 5.68. The number of carbonyl (C=O) groups excluding carboxylic acids is 1. The zero-order valence-corrected chi connectivity index (χ0v) is 22.4. The van der Waals surface area contributed by atoms with Crippen molar-refractivity contribution >= 4 is 47.2 Å². The van der Waals surface area contributed by atoms with Gasteiger partial charge in [0.2, 0.25) is 5.91 Å². The third-order valence-corrected chi connectivity index (χ3v) is 6.70. The molecule has 3 rings (SSSR count). The summed E-state index contributed by atoms with van der Waals surface area (Å²) in [6.45, 7) is 7.66. The molecule has 0 aliphatic carbocycles. The highest BCUT2D eigenvalue weighted by Crippen LogP contribution is 2.19. The number of aryl methyl sites for hydroxylation is 1. The van der Waals surface area contributed by atoms with E-state index >= 15 is 0 Å². The van der Waals surface area contributed by atoms with E-state index in [1.54, 1.807) is 7.05 Å². The van der Waals surface area contributed by atoms with E-state index in [2.05, 4.69) is 70.8 Å². The standard InChI is InChI=1S/C24H35N5OS.HI/c1-17(12-22-10-9-18(2)31-22)28-24(26-3)27-14-19-6-4-7-20(13-19)15-29-11-5-8-21(16-29)23(25)30;/h4,6-7,9-10,13,17,21H,5,8,11-12,14-16H2,1-3H3,(H2,25,30)(H2,26,27,28);1H. The molecular formula is C24H36IN5OS. The molecule has 1 fully saturated rings. The fourth-order valence-corrected chi connectivity index (χ4v) is 5.11. The van der Waals surface area contributed by atoms with Gasteiger partial charge >= 0.3 is 0 Å². The fraction of sp³-hybridized carbons (Fsp3) is 0.500. The Morgan fingerprint density at radius 1 is 1.31 bits per heavy atom. The fourth-order valence-electron chi connectivity index (χ4n) is 4.09. The zero-order chi connectivity index (χ0) is 22.2. The molecule has 1 aromatic heterocycles. The number of piperidine rings is 1. The lowest BCUT2D eigenvalue weighted by molar-refractivity contribution is -0.123. The van der Waals surface area contributed by atoms with Gasteiger partial charge in [0.25, 0.3) is 0 Å². The van der Waals surface area contributed by atoms with Crippen molar-refractivity contribution in [3.63, 3.8) is 0 Å². The molecule has 2 unspecified atom stereocenters. The molecule has 176 valence electrons. The van der Waals surface area contributed by atoms with Crippen LogP contribution in [0.1, 0.15) is 40.6 Å². The van der Waals surface area contributed by atoms with E-state index in [-0.39, 0.29) is 35.8 Å². The Hall–Kier alpha value is -1.65. The Morgan fingerprint density at radius 2 is 2.09 bits per heavy atom. The number of guanidine groups is 1. The molecule has 2 aromatic rings. The highest BCUT2D eigenvalue weighted by Gasteiger charge is 2.23. The maximum Gasteiger partial charge on any atom is 0.221 e. The number of amides is 1.